The number of pyridine rings is 1. The summed E-state index contributed by atoms with van der Waals surface area (Å²) < 4.78 is 0. The molecule has 1 aromatic rings. The molecule has 0 aromatic carbocycles. The van der Waals surface area contributed by atoms with E-state index in [1.165, 1.54) is 0 Å². The highest BCUT2D eigenvalue weighted by Crippen LogP contribution is 2.18. The fourth-order valence-corrected chi connectivity index (χ4v) is 1.02. The molecule has 2 nitrogen and oxygen atoms in total. The summed E-state index contributed by atoms with van der Waals surface area (Å²) in [5.74, 6) is 0. The van der Waals surface area contributed by atoms with Crippen molar-refractivity contribution >= 4 is 0 Å². The third-order valence-corrected chi connectivity index (χ3v) is 1.71. The fourth-order valence-electron chi connectivity index (χ4n) is 1.02. The maximum absolute atomic E-state index is 6.85. The van der Waals surface area contributed by atoms with Gasteiger partial charge >= 0.3 is 0 Å². The molecule has 0 spiro atoms. The van der Waals surface area contributed by atoms with Gasteiger partial charge in [-0.2, -0.15) is 0 Å². The topological polar surface area (TPSA) is 17.2 Å². The molecule has 0 bridgehead atoms. The van der Waals surface area contributed by atoms with Crippen molar-refractivity contribution in [2.24, 2.45) is 0 Å². The zero-order valence-electron chi connectivity index (χ0n) is 6.70. The van der Waals surface area contributed by atoms with Crippen molar-refractivity contribution in [2.75, 3.05) is 0 Å². The van der Waals surface area contributed by atoms with Gasteiger partial charge in [0.1, 0.15) is 0 Å². The van der Waals surface area contributed by atoms with Crippen LogP contribution in [0.3, 0.4) is 0 Å². The molecule has 0 saturated heterocycles. The third-order valence-electron chi connectivity index (χ3n) is 1.71. The summed E-state index contributed by atoms with van der Waals surface area (Å²) in [4.78, 5) is 7.40. The molecule has 1 aromatic heterocycles. The molecule has 0 radical (unpaired) electrons. The molecule has 0 aliphatic heterocycles. The van der Waals surface area contributed by atoms with Crippen LogP contribution in [0.5, 0.6) is 0 Å². The standard InChI is InChI=1S/C9H10N2/c1-7-6-11-5-4-9(7)8(2)10-3/h4-6,8H,1-2H3. The van der Waals surface area contributed by atoms with Crippen molar-refractivity contribution in [1.82, 2.24) is 4.98 Å². The Morgan fingerprint density at radius 1 is 1.64 bits per heavy atom. The second-order valence-electron chi connectivity index (χ2n) is 2.54. The SMILES string of the molecule is [C-]#[N+]C(C)c1ccncc1C. The smallest absolute Gasteiger partial charge is 0.246 e. The minimum absolute atomic E-state index is 0.0435. The maximum Gasteiger partial charge on any atom is 0.246 e. The lowest BCUT2D eigenvalue weighted by Gasteiger charge is -2.01. The Balaban J connectivity index is 3.05. The second kappa shape index (κ2) is 3.16. The van der Waals surface area contributed by atoms with E-state index >= 15 is 0 Å². The lowest BCUT2D eigenvalue weighted by Crippen LogP contribution is -1.91. The van der Waals surface area contributed by atoms with Gasteiger partial charge in [0.2, 0.25) is 6.04 Å². The van der Waals surface area contributed by atoms with Gasteiger partial charge in [0.05, 0.1) is 0 Å². The van der Waals surface area contributed by atoms with Gasteiger partial charge in [0.25, 0.3) is 0 Å². The third kappa shape index (κ3) is 1.56. The molecule has 0 fully saturated rings. The molecule has 0 aliphatic rings. The van der Waals surface area contributed by atoms with Crippen LogP contribution in [-0.2, 0) is 0 Å². The molecule has 0 aliphatic carbocycles. The van der Waals surface area contributed by atoms with E-state index in [1.54, 1.807) is 12.4 Å². The minimum Gasteiger partial charge on any atom is -0.309 e. The first kappa shape index (κ1) is 7.74. The zero-order valence-corrected chi connectivity index (χ0v) is 6.70. The molecule has 0 amide bonds. The highest BCUT2D eigenvalue weighted by Gasteiger charge is 2.09. The van der Waals surface area contributed by atoms with Crippen LogP contribution < -0.4 is 0 Å². The average molecular weight is 146 g/mol. The summed E-state index contributed by atoms with van der Waals surface area (Å²) in [7, 11) is 0. The molecule has 1 atom stereocenters. The summed E-state index contributed by atoms with van der Waals surface area (Å²) in [5, 5.41) is 0. The predicted octanol–water partition coefficient (Wildman–Crippen LogP) is 2.37. The van der Waals surface area contributed by atoms with E-state index in [2.05, 4.69) is 9.83 Å². The van der Waals surface area contributed by atoms with Gasteiger partial charge in [0.15, 0.2) is 0 Å². The van der Waals surface area contributed by atoms with Crippen LogP contribution >= 0.6 is 0 Å². The van der Waals surface area contributed by atoms with Gasteiger partial charge in [-0.3, -0.25) is 4.98 Å². The van der Waals surface area contributed by atoms with E-state index in [-0.39, 0.29) is 6.04 Å². The van der Waals surface area contributed by atoms with Gasteiger partial charge in [-0.25, -0.2) is 6.57 Å². The number of hydrogen-bond acceptors (Lipinski definition) is 1. The molecule has 56 valence electrons. The van der Waals surface area contributed by atoms with E-state index in [1.807, 2.05) is 19.9 Å². The van der Waals surface area contributed by atoms with E-state index < -0.39 is 0 Å². The highest BCUT2D eigenvalue weighted by molar-refractivity contribution is 5.26. The van der Waals surface area contributed by atoms with Crippen molar-refractivity contribution in [1.29, 1.82) is 0 Å². The van der Waals surface area contributed by atoms with Gasteiger partial charge in [-0.05, 0) is 18.6 Å². The monoisotopic (exact) mass is 146 g/mol. The van der Waals surface area contributed by atoms with E-state index in [0.29, 0.717) is 0 Å². The van der Waals surface area contributed by atoms with Crippen LogP contribution in [0.1, 0.15) is 24.1 Å². The van der Waals surface area contributed by atoms with E-state index in [9.17, 15) is 0 Å². The molecular weight excluding hydrogens is 136 g/mol. The molecule has 1 rings (SSSR count). The summed E-state index contributed by atoms with van der Waals surface area (Å²) >= 11 is 0. The van der Waals surface area contributed by atoms with Crippen molar-refractivity contribution in [2.45, 2.75) is 19.9 Å². The molecule has 11 heavy (non-hydrogen) atoms. The van der Waals surface area contributed by atoms with Crippen molar-refractivity contribution < 1.29 is 0 Å². The summed E-state index contributed by atoms with van der Waals surface area (Å²) in [6, 6.07) is 1.86. The first-order valence-electron chi connectivity index (χ1n) is 3.52. The molecule has 2 heteroatoms. The van der Waals surface area contributed by atoms with E-state index in [4.69, 9.17) is 6.57 Å². The number of nitrogens with zero attached hydrogens (tertiary/aromatic N) is 2. The van der Waals surface area contributed by atoms with Gasteiger partial charge in [0, 0.05) is 24.9 Å². The first-order chi connectivity index (χ1) is 5.25. The molecular formula is C9H10N2. The Morgan fingerprint density at radius 3 is 2.91 bits per heavy atom. The minimum atomic E-state index is -0.0435. The van der Waals surface area contributed by atoms with Crippen LogP contribution in [0.15, 0.2) is 18.5 Å². The predicted molar refractivity (Wildman–Crippen MR) is 44.0 cm³/mol. The number of aryl methyl sites for hydroxylation is 1. The van der Waals surface area contributed by atoms with Crippen molar-refractivity contribution in [3.05, 3.63) is 41.0 Å². The Morgan fingerprint density at radius 2 is 2.36 bits per heavy atom. The molecule has 0 N–H and O–H groups in total. The first-order valence-corrected chi connectivity index (χ1v) is 3.52. The fraction of sp³-hybridized carbons (Fsp3) is 0.333. The van der Waals surface area contributed by atoms with E-state index in [0.717, 1.165) is 11.1 Å². The normalized spacial score (nSPS) is 12.1. The van der Waals surface area contributed by atoms with Gasteiger partial charge < -0.3 is 4.85 Å². The lowest BCUT2D eigenvalue weighted by molar-refractivity contribution is 0.938. The van der Waals surface area contributed by atoms with Crippen LogP contribution in [0.4, 0.5) is 0 Å². The van der Waals surface area contributed by atoms with Gasteiger partial charge in [-0.15, -0.1) is 0 Å². The summed E-state index contributed by atoms with van der Waals surface area (Å²) in [6.07, 6.45) is 3.51. The maximum atomic E-state index is 6.85. The van der Waals surface area contributed by atoms with Crippen molar-refractivity contribution in [3.8, 4) is 0 Å². The average Bonchev–Trinajstić information content (AvgIpc) is 2.04. The summed E-state index contributed by atoms with van der Waals surface area (Å²) in [6.45, 7) is 10.7. The van der Waals surface area contributed by atoms with Crippen LogP contribution in [0.2, 0.25) is 0 Å². The van der Waals surface area contributed by atoms with Crippen LogP contribution in [-0.4, -0.2) is 4.98 Å². The Hall–Kier alpha value is -1.36. The Bertz CT molecular complexity index is 286. The lowest BCUT2D eigenvalue weighted by atomic mass is 10.1. The quantitative estimate of drug-likeness (QED) is 0.556. The van der Waals surface area contributed by atoms with Crippen LogP contribution in [0, 0.1) is 13.5 Å². The van der Waals surface area contributed by atoms with Gasteiger partial charge in [-0.1, -0.05) is 0 Å². The molecule has 0 saturated carbocycles. The Labute approximate surface area is 66.7 Å². The highest BCUT2D eigenvalue weighted by atomic mass is 14.7. The number of aromatic nitrogens is 1. The Kier molecular flexibility index (Phi) is 2.22. The van der Waals surface area contributed by atoms with Crippen molar-refractivity contribution in [3.63, 3.8) is 0 Å². The molecule has 1 unspecified atom stereocenters. The zero-order chi connectivity index (χ0) is 8.27. The number of hydrogen-bond donors (Lipinski definition) is 0. The second-order valence-corrected chi connectivity index (χ2v) is 2.54. The summed E-state index contributed by atoms with van der Waals surface area (Å²) in [5.41, 5.74) is 2.17. The molecule has 1 heterocycles. The largest absolute Gasteiger partial charge is 0.309 e. The van der Waals surface area contributed by atoms with Crippen LogP contribution in [0.25, 0.3) is 4.85 Å². The number of rotatable bonds is 1.